The van der Waals surface area contributed by atoms with Crippen LogP contribution in [-0.4, -0.2) is 37.1 Å². The first-order valence-electron chi connectivity index (χ1n) is 6.86. The molecule has 1 heterocycles. The Morgan fingerprint density at radius 1 is 1.08 bits per heavy atom. The van der Waals surface area contributed by atoms with Gasteiger partial charge in [-0.1, -0.05) is 0 Å². The van der Waals surface area contributed by atoms with E-state index in [0.717, 1.165) is 24.7 Å². The Hall–Kier alpha value is -3.05. The van der Waals surface area contributed by atoms with E-state index in [1.807, 2.05) is 5.32 Å². The van der Waals surface area contributed by atoms with E-state index in [4.69, 9.17) is 5.41 Å². The van der Waals surface area contributed by atoms with Crippen LogP contribution < -0.4 is 15.4 Å². The van der Waals surface area contributed by atoms with Crippen LogP contribution in [0, 0.1) is 5.41 Å². The van der Waals surface area contributed by atoms with Crippen LogP contribution in [0.4, 0.5) is 32.0 Å². The second kappa shape index (κ2) is 7.45. The summed E-state index contributed by atoms with van der Waals surface area (Å²) >= 11 is 0. The Balaban J connectivity index is 2.10. The zero-order valence-corrected chi connectivity index (χ0v) is 12.7. The molecule has 0 saturated heterocycles. The number of hydrogen-bond acceptors (Lipinski definition) is 5. The maximum atomic E-state index is 12.2. The molecule has 0 aromatic heterocycles. The van der Waals surface area contributed by atoms with Gasteiger partial charge in [-0.25, -0.2) is 9.98 Å². The SMILES string of the molecule is N=C1N=CN=C(Nc2ccc(OC(F)(F)F)cc2)/C1=C/NCC(F)(F)F. The number of nitrogens with one attached hydrogen (secondary N) is 3. The summed E-state index contributed by atoms with van der Waals surface area (Å²) in [5.74, 6) is -0.774. The minimum Gasteiger partial charge on any atom is -0.406 e. The first kappa shape index (κ1) is 19.3. The van der Waals surface area contributed by atoms with Crippen LogP contribution in [0.25, 0.3) is 0 Å². The minimum absolute atomic E-state index is 0.00386. The number of anilines is 1. The Labute approximate surface area is 142 Å². The van der Waals surface area contributed by atoms with Gasteiger partial charge in [-0.2, -0.15) is 13.2 Å². The minimum atomic E-state index is -4.83. The van der Waals surface area contributed by atoms with E-state index in [1.165, 1.54) is 12.1 Å². The number of rotatable bonds is 4. The summed E-state index contributed by atoms with van der Waals surface area (Å²) in [7, 11) is 0. The van der Waals surface area contributed by atoms with E-state index in [1.54, 1.807) is 0 Å². The monoisotopic (exact) mass is 379 g/mol. The molecule has 12 heteroatoms. The van der Waals surface area contributed by atoms with Gasteiger partial charge in [0, 0.05) is 11.9 Å². The van der Waals surface area contributed by atoms with Gasteiger partial charge >= 0.3 is 12.5 Å². The molecule has 140 valence electrons. The summed E-state index contributed by atoms with van der Waals surface area (Å²) in [6.07, 6.45) is -7.32. The number of nitrogens with zero attached hydrogens (tertiary/aromatic N) is 2. The third-order valence-electron chi connectivity index (χ3n) is 2.78. The standard InChI is InChI=1S/C14H11F6N5O/c15-13(16,17)6-22-5-10-11(21)23-7-24-12(10)25-8-1-3-9(4-2-8)26-14(18,19)20/h1-5,7,22H,6H2,(H2,21,23,24,25)/b10-5+. The van der Waals surface area contributed by atoms with Gasteiger partial charge in [0.15, 0.2) is 5.84 Å². The summed E-state index contributed by atoms with van der Waals surface area (Å²) in [5.41, 5.74) is 0.232. The molecule has 2 rings (SSSR count). The predicted octanol–water partition coefficient (Wildman–Crippen LogP) is 3.45. The molecule has 1 aromatic carbocycles. The molecule has 0 radical (unpaired) electrons. The summed E-state index contributed by atoms with van der Waals surface area (Å²) in [5, 5.41) is 12.4. The van der Waals surface area contributed by atoms with E-state index < -0.39 is 24.8 Å². The Kier molecular flexibility index (Phi) is 5.53. The topological polar surface area (TPSA) is 81.9 Å². The lowest BCUT2D eigenvalue weighted by Gasteiger charge is -2.16. The molecule has 0 fully saturated rings. The third kappa shape index (κ3) is 6.11. The van der Waals surface area contributed by atoms with Crippen LogP contribution in [0.2, 0.25) is 0 Å². The highest BCUT2D eigenvalue weighted by Gasteiger charge is 2.31. The molecule has 0 aliphatic carbocycles. The zero-order valence-electron chi connectivity index (χ0n) is 12.7. The molecule has 0 atom stereocenters. The van der Waals surface area contributed by atoms with Crippen molar-refractivity contribution in [1.29, 1.82) is 5.41 Å². The van der Waals surface area contributed by atoms with Crippen molar-refractivity contribution in [3.63, 3.8) is 0 Å². The Bertz CT molecular complexity index is 749. The first-order chi connectivity index (χ1) is 12.0. The number of aliphatic imine (C=N–C) groups is 2. The average molecular weight is 379 g/mol. The number of benzene rings is 1. The van der Waals surface area contributed by atoms with Crippen LogP contribution in [-0.2, 0) is 0 Å². The largest absolute Gasteiger partial charge is 0.573 e. The normalized spacial score (nSPS) is 16.5. The third-order valence-corrected chi connectivity index (χ3v) is 2.78. The lowest BCUT2D eigenvalue weighted by Crippen LogP contribution is -2.29. The van der Waals surface area contributed by atoms with Gasteiger partial charge in [0.05, 0.1) is 5.57 Å². The lowest BCUT2D eigenvalue weighted by molar-refractivity contribution is -0.274. The van der Waals surface area contributed by atoms with Gasteiger partial charge in [0.1, 0.15) is 24.5 Å². The van der Waals surface area contributed by atoms with Crippen LogP contribution in [0.5, 0.6) is 5.75 Å². The molecule has 0 amide bonds. The van der Waals surface area contributed by atoms with E-state index in [2.05, 4.69) is 20.0 Å². The van der Waals surface area contributed by atoms with Crippen LogP contribution in [0.15, 0.2) is 46.0 Å². The highest BCUT2D eigenvalue weighted by molar-refractivity contribution is 6.30. The van der Waals surface area contributed by atoms with Crippen molar-refractivity contribution in [3.05, 3.63) is 36.0 Å². The molecule has 0 saturated carbocycles. The first-order valence-corrected chi connectivity index (χ1v) is 6.86. The number of halogens is 6. The smallest absolute Gasteiger partial charge is 0.406 e. The molecule has 0 spiro atoms. The molecule has 0 unspecified atom stereocenters. The summed E-state index contributed by atoms with van der Waals surface area (Å²) in [6, 6.07) is 4.59. The van der Waals surface area contributed by atoms with Crippen LogP contribution in [0.1, 0.15) is 0 Å². The van der Waals surface area contributed by atoms with Crippen molar-refractivity contribution in [1.82, 2.24) is 5.32 Å². The zero-order chi connectivity index (χ0) is 19.4. The highest BCUT2D eigenvalue weighted by atomic mass is 19.4. The van der Waals surface area contributed by atoms with Gasteiger partial charge in [-0.05, 0) is 24.3 Å². The van der Waals surface area contributed by atoms with Crippen molar-refractivity contribution in [2.45, 2.75) is 12.5 Å². The number of alkyl halides is 6. The van der Waals surface area contributed by atoms with Crippen molar-refractivity contribution in [2.24, 2.45) is 9.98 Å². The molecule has 1 aromatic rings. The average Bonchev–Trinajstić information content (AvgIpc) is 2.49. The van der Waals surface area contributed by atoms with E-state index in [-0.39, 0.29) is 22.9 Å². The quantitative estimate of drug-likeness (QED) is 0.701. The van der Waals surface area contributed by atoms with Crippen molar-refractivity contribution in [3.8, 4) is 5.75 Å². The summed E-state index contributed by atoms with van der Waals surface area (Å²) in [6.45, 7) is -1.32. The van der Waals surface area contributed by atoms with Crippen LogP contribution in [0.3, 0.4) is 0 Å². The summed E-state index contributed by atoms with van der Waals surface area (Å²) < 4.78 is 76.7. The number of hydrogen-bond donors (Lipinski definition) is 3. The molecule has 0 bridgehead atoms. The van der Waals surface area contributed by atoms with Crippen molar-refractivity contribution < 1.29 is 31.1 Å². The maximum absolute atomic E-state index is 12.2. The number of amidine groups is 2. The highest BCUT2D eigenvalue weighted by Crippen LogP contribution is 2.24. The summed E-state index contributed by atoms with van der Waals surface area (Å²) in [4.78, 5) is 7.39. The van der Waals surface area contributed by atoms with Gasteiger partial charge < -0.3 is 15.4 Å². The van der Waals surface area contributed by atoms with E-state index in [9.17, 15) is 26.3 Å². The predicted molar refractivity (Wildman–Crippen MR) is 82.5 cm³/mol. The lowest BCUT2D eigenvalue weighted by atomic mass is 10.2. The molecular weight excluding hydrogens is 368 g/mol. The van der Waals surface area contributed by atoms with E-state index >= 15 is 0 Å². The van der Waals surface area contributed by atoms with E-state index in [0.29, 0.717) is 0 Å². The molecule has 6 nitrogen and oxygen atoms in total. The van der Waals surface area contributed by atoms with Gasteiger partial charge in [-0.15, -0.1) is 13.2 Å². The molecule has 3 N–H and O–H groups in total. The molecule has 1 aliphatic heterocycles. The fraction of sp³-hybridized carbons (Fsp3) is 0.214. The van der Waals surface area contributed by atoms with Gasteiger partial charge in [-0.3, -0.25) is 5.41 Å². The molecule has 1 aliphatic rings. The van der Waals surface area contributed by atoms with Crippen molar-refractivity contribution >= 4 is 23.7 Å². The van der Waals surface area contributed by atoms with Gasteiger partial charge in [0.25, 0.3) is 0 Å². The van der Waals surface area contributed by atoms with Crippen molar-refractivity contribution in [2.75, 3.05) is 11.9 Å². The molecule has 26 heavy (non-hydrogen) atoms. The second-order valence-corrected chi connectivity index (χ2v) is 4.82. The fourth-order valence-electron chi connectivity index (χ4n) is 1.78. The number of ether oxygens (including phenoxy) is 1. The Morgan fingerprint density at radius 3 is 2.31 bits per heavy atom. The molecular formula is C14H11F6N5O. The maximum Gasteiger partial charge on any atom is 0.573 e. The fourth-order valence-corrected chi connectivity index (χ4v) is 1.78. The van der Waals surface area contributed by atoms with Crippen LogP contribution >= 0.6 is 0 Å². The van der Waals surface area contributed by atoms with Gasteiger partial charge in [0.2, 0.25) is 0 Å². The Morgan fingerprint density at radius 2 is 1.73 bits per heavy atom. The second-order valence-electron chi connectivity index (χ2n) is 4.82.